The summed E-state index contributed by atoms with van der Waals surface area (Å²) in [6.07, 6.45) is 2.99. The van der Waals surface area contributed by atoms with E-state index >= 15 is 0 Å². The van der Waals surface area contributed by atoms with Crippen molar-refractivity contribution in [1.82, 2.24) is 15.0 Å². The minimum absolute atomic E-state index is 0.221. The molecule has 2 aromatic heterocycles. The summed E-state index contributed by atoms with van der Waals surface area (Å²) in [7, 11) is -3.55. The second kappa shape index (κ2) is 6.94. The molecule has 0 saturated heterocycles. The summed E-state index contributed by atoms with van der Waals surface area (Å²) in [5.74, 6) is 0.558. The van der Waals surface area contributed by atoms with E-state index in [1.54, 1.807) is 66.9 Å². The van der Waals surface area contributed by atoms with Crippen LogP contribution in [0.1, 0.15) is 0 Å². The van der Waals surface area contributed by atoms with Gasteiger partial charge < -0.3 is 5.32 Å². The second-order valence-electron chi connectivity index (χ2n) is 5.71. The number of nitrogens with zero attached hydrogens (tertiary/aromatic N) is 3. The van der Waals surface area contributed by atoms with Crippen LogP contribution in [0.15, 0.2) is 83.0 Å². The normalized spacial score (nSPS) is 11.4. The van der Waals surface area contributed by atoms with Gasteiger partial charge in [0.15, 0.2) is 0 Å². The van der Waals surface area contributed by atoms with E-state index in [9.17, 15) is 8.42 Å². The molecule has 0 unspecified atom stereocenters. The molecule has 0 saturated carbocycles. The summed E-state index contributed by atoms with van der Waals surface area (Å²) < 4.78 is 25.3. The number of rotatable bonds is 4. The van der Waals surface area contributed by atoms with Crippen molar-refractivity contribution < 1.29 is 8.42 Å². The average molecular weight is 397 g/mol. The number of nitrogens with one attached hydrogen (secondary N) is 1. The van der Waals surface area contributed by atoms with Crippen molar-refractivity contribution >= 4 is 43.8 Å². The summed E-state index contributed by atoms with van der Waals surface area (Å²) in [5, 5.41) is 4.22. The highest BCUT2D eigenvalue weighted by Crippen LogP contribution is 2.26. The van der Waals surface area contributed by atoms with Gasteiger partial charge in [0.1, 0.15) is 17.3 Å². The topological polar surface area (TPSA) is 84.8 Å². The van der Waals surface area contributed by atoms with E-state index in [0.29, 0.717) is 22.2 Å². The summed E-state index contributed by atoms with van der Waals surface area (Å²) >= 11 is 5.96. The van der Waals surface area contributed by atoms with Crippen LogP contribution < -0.4 is 5.32 Å². The quantitative estimate of drug-likeness (QED) is 0.519. The monoisotopic (exact) mass is 396 g/mol. The van der Waals surface area contributed by atoms with Crippen LogP contribution in [-0.2, 0) is 9.84 Å². The Balaban J connectivity index is 1.65. The van der Waals surface area contributed by atoms with Crippen LogP contribution in [0.25, 0.3) is 10.9 Å². The first-order valence-corrected chi connectivity index (χ1v) is 9.84. The van der Waals surface area contributed by atoms with E-state index in [0.717, 1.165) is 5.39 Å². The van der Waals surface area contributed by atoms with Gasteiger partial charge in [-0.2, -0.15) is 0 Å². The lowest BCUT2D eigenvalue weighted by molar-refractivity contribution is 0.596. The van der Waals surface area contributed by atoms with Gasteiger partial charge in [0.2, 0.25) is 9.84 Å². The number of halogens is 1. The third kappa shape index (κ3) is 3.47. The number of benzene rings is 2. The van der Waals surface area contributed by atoms with Crippen molar-refractivity contribution in [2.45, 2.75) is 9.79 Å². The zero-order valence-corrected chi connectivity index (χ0v) is 15.4. The summed E-state index contributed by atoms with van der Waals surface area (Å²) in [6, 6.07) is 16.5. The third-order valence-corrected chi connectivity index (χ3v) is 5.96. The summed E-state index contributed by atoms with van der Waals surface area (Å²) in [6.45, 7) is 0. The third-order valence-electron chi connectivity index (χ3n) is 3.97. The molecule has 0 aliphatic heterocycles. The van der Waals surface area contributed by atoms with Crippen LogP contribution in [0.3, 0.4) is 0 Å². The van der Waals surface area contributed by atoms with Gasteiger partial charge in [0.05, 0.1) is 21.5 Å². The van der Waals surface area contributed by atoms with E-state index in [1.165, 1.54) is 6.33 Å². The van der Waals surface area contributed by atoms with E-state index in [2.05, 4.69) is 20.3 Å². The molecule has 0 bridgehead atoms. The van der Waals surface area contributed by atoms with Crippen LogP contribution >= 0.6 is 11.6 Å². The van der Waals surface area contributed by atoms with Crippen LogP contribution in [-0.4, -0.2) is 23.4 Å². The first-order valence-electron chi connectivity index (χ1n) is 7.97. The number of hydrogen-bond donors (Lipinski definition) is 1. The van der Waals surface area contributed by atoms with Gasteiger partial charge in [0, 0.05) is 11.1 Å². The lowest BCUT2D eigenvalue weighted by Gasteiger charge is -2.09. The summed E-state index contributed by atoms with van der Waals surface area (Å²) in [5.41, 5.74) is 1.34. The zero-order chi connectivity index (χ0) is 18.9. The fourth-order valence-electron chi connectivity index (χ4n) is 2.62. The van der Waals surface area contributed by atoms with Crippen LogP contribution in [0.5, 0.6) is 0 Å². The smallest absolute Gasteiger partial charge is 0.206 e. The first-order chi connectivity index (χ1) is 13.0. The van der Waals surface area contributed by atoms with Crippen LogP contribution in [0.2, 0.25) is 5.15 Å². The SMILES string of the molecule is O=S(=O)(c1ccccc1)c1ccc(Nc2ncnc3cnc(Cl)cc23)cc1. The van der Waals surface area contributed by atoms with Crippen molar-refractivity contribution in [3.8, 4) is 0 Å². The van der Waals surface area contributed by atoms with E-state index in [1.807, 2.05) is 0 Å². The van der Waals surface area contributed by atoms with Gasteiger partial charge in [0.25, 0.3) is 0 Å². The molecule has 0 radical (unpaired) electrons. The number of hydrogen-bond acceptors (Lipinski definition) is 6. The highest BCUT2D eigenvalue weighted by atomic mass is 35.5. The fraction of sp³-hybridized carbons (Fsp3) is 0. The number of anilines is 2. The maximum Gasteiger partial charge on any atom is 0.206 e. The molecular formula is C19H13ClN4O2S. The Labute approximate surface area is 160 Å². The lowest BCUT2D eigenvalue weighted by Crippen LogP contribution is -2.02. The molecule has 1 N–H and O–H groups in total. The predicted molar refractivity (Wildman–Crippen MR) is 104 cm³/mol. The largest absolute Gasteiger partial charge is 0.340 e. The molecule has 0 fully saturated rings. The van der Waals surface area contributed by atoms with E-state index < -0.39 is 9.84 Å². The Bertz CT molecular complexity index is 1210. The van der Waals surface area contributed by atoms with Gasteiger partial charge in [-0.1, -0.05) is 29.8 Å². The highest BCUT2D eigenvalue weighted by molar-refractivity contribution is 7.91. The number of fused-ring (bicyclic) bond motifs is 1. The molecule has 27 heavy (non-hydrogen) atoms. The Morgan fingerprint density at radius 2 is 1.56 bits per heavy atom. The minimum Gasteiger partial charge on any atom is -0.340 e. The van der Waals surface area contributed by atoms with E-state index in [-0.39, 0.29) is 9.79 Å². The Morgan fingerprint density at radius 1 is 0.852 bits per heavy atom. The van der Waals surface area contributed by atoms with Gasteiger partial charge in [-0.15, -0.1) is 0 Å². The molecule has 4 rings (SSSR count). The molecule has 134 valence electrons. The molecular weight excluding hydrogens is 384 g/mol. The first kappa shape index (κ1) is 17.4. The molecule has 0 amide bonds. The Kier molecular flexibility index (Phi) is 4.47. The van der Waals surface area contributed by atoms with Gasteiger partial charge in [-0.25, -0.2) is 23.4 Å². The standard InChI is InChI=1S/C19H13ClN4O2S/c20-18-10-16-17(11-21-18)22-12-23-19(16)24-13-6-8-15(9-7-13)27(25,26)14-4-2-1-3-5-14/h1-12H,(H,22,23,24). The van der Waals surface area contributed by atoms with Crippen molar-refractivity contribution in [2.24, 2.45) is 0 Å². The van der Waals surface area contributed by atoms with E-state index in [4.69, 9.17) is 11.6 Å². The van der Waals surface area contributed by atoms with Gasteiger partial charge >= 0.3 is 0 Å². The summed E-state index contributed by atoms with van der Waals surface area (Å²) in [4.78, 5) is 12.9. The van der Waals surface area contributed by atoms with Crippen molar-refractivity contribution in [3.05, 3.63) is 78.3 Å². The highest BCUT2D eigenvalue weighted by Gasteiger charge is 2.17. The van der Waals surface area contributed by atoms with Gasteiger partial charge in [-0.3, -0.25) is 0 Å². The van der Waals surface area contributed by atoms with Crippen molar-refractivity contribution in [1.29, 1.82) is 0 Å². The molecule has 4 aromatic rings. The number of sulfone groups is 1. The molecule has 6 nitrogen and oxygen atoms in total. The Hall–Kier alpha value is -3.03. The Morgan fingerprint density at radius 3 is 2.30 bits per heavy atom. The number of aromatic nitrogens is 3. The van der Waals surface area contributed by atoms with Crippen molar-refractivity contribution in [3.63, 3.8) is 0 Å². The maximum atomic E-state index is 12.7. The second-order valence-corrected chi connectivity index (χ2v) is 8.05. The molecule has 2 aromatic carbocycles. The number of pyridine rings is 1. The average Bonchev–Trinajstić information content (AvgIpc) is 2.69. The molecule has 0 aliphatic rings. The zero-order valence-electron chi connectivity index (χ0n) is 13.9. The fourth-order valence-corrected chi connectivity index (χ4v) is 4.06. The van der Waals surface area contributed by atoms with Crippen LogP contribution in [0, 0.1) is 0 Å². The van der Waals surface area contributed by atoms with Crippen molar-refractivity contribution in [2.75, 3.05) is 5.32 Å². The molecule has 8 heteroatoms. The molecule has 0 atom stereocenters. The lowest BCUT2D eigenvalue weighted by atomic mass is 10.2. The van der Waals surface area contributed by atoms with Gasteiger partial charge in [-0.05, 0) is 42.5 Å². The molecule has 0 aliphatic carbocycles. The minimum atomic E-state index is -3.55. The maximum absolute atomic E-state index is 12.7. The predicted octanol–water partition coefficient (Wildman–Crippen LogP) is 4.25. The molecule has 2 heterocycles. The van der Waals surface area contributed by atoms with Crippen LogP contribution in [0.4, 0.5) is 11.5 Å². The molecule has 0 spiro atoms.